The van der Waals surface area contributed by atoms with Crippen LogP contribution in [0.1, 0.15) is 29.6 Å². The molecule has 0 saturated heterocycles. The average molecular weight is 337 g/mol. The Hall–Kier alpha value is -1.86. The van der Waals surface area contributed by atoms with Crippen LogP contribution < -0.4 is 9.46 Å². The van der Waals surface area contributed by atoms with Crippen LogP contribution in [0.5, 0.6) is 5.75 Å². The molecule has 1 aromatic carbocycles. The van der Waals surface area contributed by atoms with E-state index in [-0.39, 0.29) is 0 Å². The Morgan fingerprint density at radius 3 is 2.57 bits per heavy atom. The number of hydrogen-bond donors (Lipinski definition) is 2. The molecule has 0 aliphatic carbocycles. The van der Waals surface area contributed by atoms with Crippen molar-refractivity contribution in [2.24, 2.45) is 0 Å². The molecule has 0 aliphatic rings. The van der Waals surface area contributed by atoms with Crippen LogP contribution in [0, 0.1) is 20.8 Å². The van der Waals surface area contributed by atoms with Crippen molar-refractivity contribution in [3.05, 3.63) is 41.0 Å². The van der Waals surface area contributed by atoms with Gasteiger partial charge in [0, 0.05) is 24.9 Å². The van der Waals surface area contributed by atoms with Gasteiger partial charge in [-0.1, -0.05) is 0 Å². The number of H-pyrrole nitrogens is 1. The molecule has 0 fully saturated rings. The van der Waals surface area contributed by atoms with Gasteiger partial charge in [0.15, 0.2) is 0 Å². The third kappa shape index (κ3) is 4.33. The number of imidazole rings is 1. The summed E-state index contributed by atoms with van der Waals surface area (Å²) in [6.45, 7) is 8.24. The standard InChI is InChI=1S/C16H23N3O3S/c1-5-22-15-8-12(3)16(9-11(15)2)23(20,21)18-7-6-14-10-17-13(4)19-14/h8-10,18H,5-7H2,1-4H3,(H,17,19). The van der Waals surface area contributed by atoms with Crippen molar-refractivity contribution < 1.29 is 13.2 Å². The molecule has 1 heterocycles. The minimum atomic E-state index is -3.55. The van der Waals surface area contributed by atoms with E-state index in [0.29, 0.717) is 30.0 Å². The first-order valence-corrected chi connectivity index (χ1v) is 9.06. The monoisotopic (exact) mass is 337 g/mol. The van der Waals surface area contributed by atoms with Gasteiger partial charge in [0.25, 0.3) is 0 Å². The molecule has 0 atom stereocenters. The lowest BCUT2D eigenvalue weighted by molar-refractivity contribution is 0.337. The van der Waals surface area contributed by atoms with E-state index in [1.807, 2.05) is 20.8 Å². The molecular formula is C16H23N3O3S. The molecule has 0 bridgehead atoms. The molecule has 0 amide bonds. The number of aromatic nitrogens is 2. The fraction of sp³-hybridized carbons (Fsp3) is 0.438. The van der Waals surface area contributed by atoms with Crippen LogP contribution in [0.4, 0.5) is 0 Å². The maximum absolute atomic E-state index is 12.5. The SMILES string of the molecule is CCOc1cc(C)c(S(=O)(=O)NCCc2cnc(C)[nH]2)cc1C. The highest BCUT2D eigenvalue weighted by Gasteiger charge is 2.18. The first-order chi connectivity index (χ1) is 10.8. The summed E-state index contributed by atoms with van der Waals surface area (Å²) in [6.07, 6.45) is 2.28. The third-order valence-electron chi connectivity index (χ3n) is 3.50. The highest BCUT2D eigenvalue weighted by Crippen LogP contribution is 2.25. The van der Waals surface area contributed by atoms with Crippen LogP contribution in [0.2, 0.25) is 0 Å². The van der Waals surface area contributed by atoms with Crippen LogP contribution in [0.15, 0.2) is 23.2 Å². The molecule has 0 radical (unpaired) electrons. The van der Waals surface area contributed by atoms with E-state index >= 15 is 0 Å². The van der Waals surface area contributed by atoms with Gasteiger partial charge in [0.05, 0.1) is 11.5 Å². The Kier molecular flexibility index (Phi) is 5.43. The van der Waals surface area contributed by atoms with Gasteiger partial charge in [0.2, 0.25) is 10.0 Å². The maximum atomic E-state index is 12.5. The van der Waals surface area contributed by atoms with E-state index in [2.05, 4.69) is 14.7 Å². The smallest absolute Gasteiger partial charge is 0.240 e. The average Bonchev–Trinajstić information content (AvgIpc) is 2.88. The molecule has 7 heteroatoms. The predicted octanol–water partition coefficient (Wildman–Crippen LogP) is 2.25. The summed E-state index contributed by atoms with van der Waals surface area (Å²) in [5.74, 6) is 1.54. The molecule has 126 valence electrons. The van der Waals surface area contributed by atoms with Crippen molar-refractivity contribution in [1.29, 1.82) is 0 Å². The largest absolute Gasteiger partial charge is 0.494 e. The number of ether oxygens (including phenoxy) is 1. The zero-order valence-electron chi connectivity index (χ0n) is 13.9. The van der Waals surface area contributed by atoms with Crippen molar-refractivity contribution in [1.82, 2.24) is 14.7 Å². The summed E-state index contributed by atoms with van der Waals surface area (Å²) >= 11 is 0. The normalized spacial score (nSPS) is 11.7. The van der Waals surface area contributed by atoms with Crippen LogP contribution in [-0.4, -0.2) is 31.5 Å². The predicted molar refractivity (Wildman–Crippen MR) is 89.3 cm³/mol. The number of sulfonamides is 1. The zero-order valence-corrected chi connectivity index (χ0v) is 14.8. The van der Waals surface area contributed by atoms with Gasteiger partial charge in [-0.05, 0) is 51.0 Å². The van der Waals surface area contributed by atoms with Crippen molar-refractivity contribution in [2.45, 2.75) is 39.0 Å². The van der Waals surface area contributed by atoms with Gasteiger partial charge >= 0.3 is 0 Å². The first-order valence-electron chi connectivity index (χ1n) is 7.57. The van der Waals surface area contributed by atoms with E-state index in [1.54, 1.807) is 25.3 Å². The molecule has 23 heavy (non-hydrogen) atoms. The van der Waals surface area contributed by atoms with Crippen LogP contribution >= 0.6 is 0 Å². The molecule has 0 spiro atoms. The van der Waals surface area contributed by atoms with Gasteiger partial charge in [-0.25, -0.2) is 18.1 Å². The van der Waals surface area contributed by atoms with E-state index in [0.717, 1.165) is 22.8 Å². The Morgan fingerprint density at radius 1 is 1.22 bits per heavy atom. The van der Waals surface area contributed by atoms with Gasteiger partial charge in [-0.2, -0.15) is 0 Å². The van der Waals surface area contributed by atoms with Crippen molar-refractivity contribution in [3.63, 3.8) is 0 Å². The van der Waals surface area contributed by atoms with Crippen LogP contribution in [0.3, 0.4) is 0 Å². The quantitative estimate of drug-likeness (QED) is 0.811. The number of benzene rings is 1. The Bertz CT molecular complexity index is 782. The van der Waals surface area contributed by atoms with E-state index in [1.165, 1.54) is 0 Å². The number of rotatable bonds is 7. The number of hydrogen-bond acceptors (Lipinski definition) is 4. The van der Waals surface area contributed by atoms with E-state index < -0.39 is 10.0 Å². The minimum Gasteiger partial charge on any atom is -0.494 e. The summed E-state index contributed by atoms with van der Waals surface area (Å²) < 4.78 is 33.1. The van der Waals surface area contributed by atoms with Gasteiger partial charge < -0.3 is 9.72 Å². The Morgan fingerprint density at radius 2 is 1.96 bits per heavy atom. The fourth-order valence-electron chi connectivity index (χ4n) is 2.36. The van der Waals surface area contributed by atoms with Crippen LogP contribution in [0.25, 0.3) is 0 Å². The second kappa shape index (κ2) is 7.14. The topological polar surface area (TPSA) is 84.1 Å². The molecule has 2 N–H and O–H groups in total. The summed E-state index contributed by atoms with van der Waals surface area (Å²) in [7, 11) is -3.55. The van der Waals surface area contributed by atoms with Crippen molar-refractivity contribution >= 4 is 10.0 Å². The lowest BCUT2D eigenvalue weighted by Gasteiger charge is -2.13. The summed E-state index contributed by atoms with van der Waals surface area (Å²) in [5, 5.41) is 0. The van der Waals surface area contributed by atoms with Gasteiger partial charge in [-0.15, -0.1) is 0 Å². The number of nitrogens with zero attached hydrogens (tertiary/aromatic N) is 1. The number of aromatic amines is 1. The molecule has 2 aromatic rings. The molecule has 0 aliphatic heterocycles. The van der Waals surface area contributed by atoms with Crippen LogP contribution in [-0.2, 0) is 16.4 Å². The second-order valence-electron chi connectivity index (χ2n) is 5.46. The van der Waals surface area contributed by atoms with Gasteiger partial charge in [0.1, 0.15) is 11.6 Å². The van der Waals surface area contributed by atoms with Crippen molar-refractivity contribution in [2.75, 3.05) is 13.2 Å². The minimum absolute atomic E-state index is 0.291. The molecule has 2 rings (SSSR count). The summed E-state index contributed by atoms with van der Waals surface area (Å²) in [6, 6.07) is 3.43. The summed E-state index contributed by atoms with van der Waals surface area (Å²) in [4.78, 5) is 7.47. The molecule has 0 unspecified atom stereocenters. The molecular weight excluding hydrogens is 314 g/mol. The zero-order chi connectivity index (χ0) is 17.0. The van der Waals surface area contributed by atoms with E-state index in [4.69, 9.17) is 4.74 Å². The lowest BCUT2D eigenvalue weighted by atomic mass is 10.1. The number of aryl methyl sites for hydroxylation is 3. The Balaban J connectivity index is 2.11. The number of nitrogens with one attached hydrogen (secondary N) is 2. The second-order valence-corrected chi connectivity index (χ2v) is 7.19. The maximum Gasteiger partial charge on any atom is 0.240 e. The Labute approximate surface area is 137 Å². The summed E-state index contributed by atoms with van der Waals surface area (Å²) in [5.41, 5.74) is 2.38. The fourth-order valence-corrected chi connectivity index (χ4v) is 3.70. The highest BCUT2D eigenvalue weighted by molar-refractivity contribution is 7.89. The highest BCUT2D eigenvalue weighted by atomic mass is 32.2. The van der Waals surface area contributed by atoms with Gasteiger partial charge in [-0.3, -0.25) is 0 Å². The molecule has 6 nitrogen and oxygen atoms in total. The first kappa shape index (κ1) is 17.5. The van der Waals surface area contributed by atoms with Crippen molar-refractivity contribution in [3.8, 4) is 5.75 Å². The van der Waals surface area contributed by atoms with E-state index in [9.17, 15) is 8.42 Å². The molecule has 0 saturated carbocycles. The lowest BCUT2D eigenvalue weighted by Crippen LogP contribution is -2.26. The molecule has 1 aromatic heterocycles. The third-order valence-corrected chi connectivity index (χ3v) is 5.11.